The lowest BCUT2D eigenvalue weighted by Crippen LogP contribution is -2.11. The zero-order chi connectivity index (χ0) is 13.8. The van der Waals surface area contributed by atoms with Crippen LogP contribution in [0.2, 0.25) is 0 Å². The quantitative estimate of drug-likeness (QED) is 0.784. The maximum atomic E-state index is 12.9. The van der Waals surface area contributed by atoms with Crippen molar-refractivity contribution in [2.75, 3.05) is 0 Å². The Morgan fingerprint density at radius 2 is 1.89 bits per heavy atom. The lowest BCUT2D eigenvalue weighted by molar-refractivity contribution is 0.0978. The average Bonchev–Trinajstić information content (AvgIpc) is 2.41. The molecule has 94 valence electrons. The van der Waals surface area contributed by atoms with Gasteiger partial charge in [0.05, 0.1) is 6.07 Å². The van der Waals surface area contributed by atoms with Gasteiger partial charge in [-0.2, -0.15) is 5.26 Å². The minimum absolute atomic E-state index is 0.266. The highest BCUT2D eigenvalue weighted by Crippen LogP contribution is 2.21. The van der Waals surface area contributed by atoms with Crippen molar-refractivity contribution in [3.63, 3.8) is 0 Å². The number of ketones is 1. The number of aryl methyl sites for hydroxylation is 1. The van der Waals surface area contributed by atoms with Crippen molar-refractivity contribution in [2.24, 2.45) is 0 Å². The maximum absolute atomic E-state index is 12.9. The first-order valence-corrected chi connectivity index (χ1v) is 5.88. The maximum Gasteiger partial charge on any atom is 0.184 e. The molecule has 1 unspecified atom stereocenters. The fraction of sp³-hybridized carbons (Fsp3) is 0.125. The predicted octanol–water partition coefficient (Wildman–Crippen LogP) is 3.62. The third-order valence-corrected chi connectivity index (χ3v) is 2.90. The molecule has 0 aromatic heterocycles. The van der Waals surface area contributed by atoms with E-state index in [2.05, 4.69) is 0 Å². The predicted molar refractivity (Wildman–Crippen MR) is 70.3 cm³/mol. The number of benzene rings is 2. The molecular weight excluding hydrogens is 241 g/mol. The Hall–Kier alpha value is -2.47. The molecule has 0 fully saturated rings. The Morgan fingerprint density at radius 1 is 1.21 bits per heavy atom. The van der Waals surface area contributed by atoms with Gasteiger partial charge in [-0.15, -0.1) is 0 Å². The summed E-state index contributed by atoms with van der Waals surface area (Å²) in [5, 5.41) is 9.19. The normalized spacial score (nSPS) is 11.6. The molecule has 0 saturated heterocycles. The number of halogens is 1. The molecule has 0 aliphatic rings. The first kappa shape index (κ1) is 13.0. The number of carbonyl (C=O) groups excluding carboxylic acids is 1. The van der Waals surface area contributed by atoms with Crippen molar-refractivity contribution < 1.29 is 9.18 Å². The standard InChI is InChI=1S/C16H12FNO/c1-11-3-2-4-13(9-11)16(19)15(10-18)12-5-7-14(17)8-6-12/h2-9,15H,1H3. The molecule has 0 amide bonds. The van der Waals surface area contributed by atoms with Gasteiger partial charge in [-0.05, 0) is 30.7 Å². The van der Waals surface area contributed by atoms with Crippen molar-refractivity contribution in [2.45, 2.75) is 12.8 Å². The SMILES string of the molecule is Cc1cccc(C(=O)C(C#N)c2ccc(F)cc2)c1. The molecule has 0 radical (unpaired) electrons. The van der Waals surface area contributed by atoms with Crippen molar-refractivity contribution in [1.82, 2.24) is 0 Å². The average molecular weight is 253 g/mol. The molecule has 19 heavy (non-hydrogen) atoms. The number of nitriles is 1. The zero-order valence-corrected chi connectivity index (χ0v) is 10.4. The van der Waals surface area contributed by atoms with Gasteiger partial charge >= 0.3 is 0 Å². The van der Waals surface area contributed by atoms with Crippen LogP contribution in [-0.4, -0.2) is 5.78 Å². The molecule has 3 heteroatoms. The molecule has 0 spiro atoms. The highest BCUT2D eigenvalue weighted by atomic mass is 19.1. The van der Waals surface area contributed by atoms with Crippen LogP contribution in [-0.2, 0) is 0 Å². The zero-order valence-electron chi connectivity index (χ0n) is 10.4. The van der Waals surface area contributed by atoms with Gasteiger partial charge in [0.15, 0.2) is 5.78 Å². The van der Waals surface area contributed by atoms with Crippen LogP contribution < -0.4 is 0 Å². The summed E-state index contributed by atoms with van der Waals surface area (Å²) in [6, 6.07) is 14.5. The van der Waals surface area contributed by atoms with E-state index in [-0.39, 0.29) is 11.6 Å². The highest BCUT2D eigenvalue weighted by molar-refractivity contribution is 6.02. The van der Waals surface area contributed by atoms with Gasteiger partial charge in [0.25, 0.3) is 0 Å². The van der Waals surface area contributed by atoms with E-state index in [1.165, 1.54) is 24.3 Å². The number of rotatable bonds is 3. The smallest absolute Gasteiger partial charge is 0.184 e. The summed E-state index contributed by atoms with van der Waals surface area (Å²) in [6.07, 6.45) is 0. The summed E-state index contributed by atoms with van der Waals surface area (Å²) in [6.45, 7) is 1.88. The summed E-state index contributed by atoms with van der Waals surface area (Å²) >= 11 is 0. The fourth-order valence-electron chi connectivity index (χ4n) is 1.90. The number of hydrogen-bond donors (Lipinski definition) is 0. The molecule has 2 rings (SSSR count). The van der Waals surface area contributed by atoms with Gasteiger partial charge in [-0.1, -0.05) is 35.9 Å². The van der Waals surface area contributed by atoms with E-state index in [4.69, 9.17) is 0 Å². The van der Waals surface area contributed by atoms with Gasteiger partial charge in [-0.3, -0.25) is 4.79 Å². The minimum atomic E-state index is -0.901. The van der Waals surface area contributed by atoms with E-state index >= 15 is 0 Å². The van der Waals surface area contributed by atoms with E-state index in [0.29, 0.717) is 11.1 Å². The molecule has 0 heterocycles. The van der Waals surface area contributed by atoms with Crippen molar-refractivity contribution in [3.05, 3.63) is 71.0 Å². The van der Waals surface area contributed by atoms with Gasteiger partial charge in [0.1, 0.15) is 11.7 Å². The van der Waals surface area contributed by atoms with Crippen LogP contribution in [0.3, 0.4) is 0 Å². The van der Waals surface area contributed by atoms with Gasteiger partial charge < -0.3 is 0 Å². The van der Waals surface area contributed by atoms with Crippen LogP contribution in [0.1, 0.15) is 27.4 Å². The summed E-state index contributed by atoms with van der Waals surface area (Å²) in [7, 11) is 0. The molecule has 1 atom stereocenters. The first-order chi connectivity index (χ1) is 9.11. The summed E-state index contributed by atoms with van der Waals surface area (Å²) in [5.74, 6) is -1.55. The Labute approximate surface area is 111 Å². The lowest BCUT2D eigenvalue weighted by Gasteiger charge is -2.09. The Kier molecular flexibility index (Phi) is 3.72. The van der Waals surface area contributed by atoms with Crippen molar-refractivity contribution in [1.29, 1.82) is 5.26 Å². The summed E-state index contributed by atoms with van der Waals surface area (Å²) in [5.41, 5.74) is 1.97. The summed E-state index contributed by atoms with van der Waals surface area (Å²) in [4.78, 5) is 12.3. The van der Waals surface area contributed by atoms with Crippen LogP contribution in [0, 0.1) is 24.1 Å². The number of hydrogen-bond acceptors (Lipinski definition) is 2. The van der Waals surface area contributed by atoms with E-state index in [1.807, 2.05) is 19.1 Å². The second-order valence-electron chi connectivity index (χ2n) is 4.35. The van der Waals surface area contributed by atoms with Crippen LogP contribution in [0.4, 0.5) is 4.39 Å². The van der Waals surface area contributed by atoms with E-state index in [9.17, 15) is 14.4 Å². The van der Waals surface area contributed by atoms with Crippen LogP contribution in [0.15, 0.2) is 48.5 Å². The third-order valence-electron chi connectivity index (χ3n) is 2.90. The van der Waals surface area contributed by atoms with E-state index < -0.39 is 5.92 Å². The monoisotopic (exact) mass is 253 g/mol. The summed E-state index contributed by atoms with van der Waals surface area (Å²) < 4.78 is 12.9. The largest absolute Gasteiger partial charge is 0.292 e. The second-order valence-corrected chi connectivity index (χ2v) is 4.35. The van der Waals surface area contributed by atoms with Crippen LogP contribution in [0.5, 0.6) is 0 Å². The molecular formula is C16H12FNO. The van der Waals surface area contributed by atoms with E-state index in [0.717, 1.165) is 5.56 Å². The number of Topliss-reactive ketones (excluding diaryl/α,β-unsaturated/α-hetero) is 1. The van der Waals surface area contributed by atoms with Crippen molar-refractivity contribution in [3.8, 4) is 6.07 Å². The number of carbonyl (C=O) groups is 1. The molecule has 0 aliphatic heterocycles. The Bertz CT molecular complexity index is 641. The van der Waals surface area contributed by atoms with E-state index in [1.54, 1.807) is 18.2 Å². The number of nitrogens with zero attached hydrogens (tertiary/aromatic N) is 1. The molecule has 0 bridgehead atoms. The molecule has 2 nitrogen and oxygen atoms in total. The fourth-order valence-corrected chi connectivity index (χ4v) is 1.90. The molecule has 2 aromatic carbocycles. The topological polar surface area (TPSA) is 40.9 Å². The van der Waals surface area contributed by atoms with Gasteiger partial charge in [0.2, 0.25) is 0 Å². The highest BCUT2D eigenvalue weighted by Gasteiger charge is 2.21. The minimum Gasteiger partial charge on any atom is -0.292 e. The molecule has 0 saturated carbocycles. The van der Waals surface area contributed by atoms with Crippen molar-refractivity contribution >= 4 is 5.78 Å². The lowest BCUT2D eigenvalue weighted by atomic mass is 9.91. The van der Waals surface area contributed by atoms with Gasteiger partial charge in [0, 0.05) is 5.56 Å². The molecule has 2 aromatic rings. The Morgan fingerprint density at radius 3 is 2.47 bits per heavy atom. The molecule has 0 N–H and O–H groups in total. The second kappa shape index (κ2) is 5.45. The van der Waals surface area contributed by atoms with Crippen LogP contribution in [0.25, 0.3) is 0 Å². The third kappa shape index (κ3) is 2.86. The Balaban J connectivity index is 2.35. The first-order valence-electron chi connectivity index (χ1n) is 5.88. The van der Waals surface area contributed by atoms with Gasteiger partial charge in [-0.25, -0.2) is 4.39 Å². The molecule has 0 aliphatic carbocycles. The van der Waals surface area contributed by atoms with Crippen LogP contribution >= 0.6 is 0 Å².